The average molecular weight is 606 g/mol. The largest absolute Gasteiger partial charge is 0.480 e. The molecule has 0 aromatic rings. The molecule has 5 aliphatic rings. The first-order chi connectivity index (χ1) is 19.8. The molecule has 1 heterocycles. The molecule has 0 bridgehead atoms. The Balaban J connectivity index is 1.15. The Morgan fingerprint density at radius 2 is 1.69 bits per heavy atom. The fourth-order valence-corrected chi connectivity index (χ4v) is 11.8. The van der Waals surface area contributed by atoms with E-state index in [4.69, 9.17) is 9.47 Å². The number of nitrogens with zero attached hydrogens (tertiary/aromatic N) is 1. The maximum absolute atomic E-state index is 12.5. The number of ether oxygens (including phenoxy) is 2. The molecule has 0 aromatic heterocycles. The third-order valence-electron chi connectivity index (χ3n) is 12.6. The van der Waals surface area contributed by atoms with Crippen LogP contribution in [0.1, 0.15) is 98.8 Å². The lowest BCUT2D eigenvalue weighted by Gasteiger charge is -2.61. The summed E-state index contributed by atoms with van der Waals surface area (Å²) in [6.45, 7) is 14.0. The molecule has 0 spiro atoms. The van der Waals surface area contributed by atoms with Gasteiger partial charge in [-0.3, -0.25) is 19.3 Å². The van der Waals surface area contributed by atoms with Crippen LogP contribution in [0.25, 0.3) is 0 Å². The summed E-state index contributed by atoms with van der Waals surface area (Å²) >= 11 is 1.46. The van der Waals surface area contributed by atoms with E-state index in [1.165, 1.54) is 50.3 Å². The zero-order chi connectivity index (χ0) is 30.3. The van der Waals surface area contributed by atoms with E-state index < -0.39 is 16.0 Å². The number of ketones is 1. The Labute approximate surface area is 257 Å². The maximum Gasteiger partial charge on any atom is 0.320 e. The predicted octanol–water partition coefficient (Wildman–Crippen LogP) is 6.08. The first-order valence-corrected chi connectivity index (χ1v) is 17.6. The smallest absolute Gasteiger partial charge is 0.320 e. The van der Waals surface area contributed by atoms with Crippen LogP contribution in [0.2, 0.25) is 0 Å². The fourth-order valence-electron chi connectivity index (χ4n) is 10.4. The normalized spacial score (nSPS) is 39.5. The van der Waals surface area contributed by atoms with Crippen LogP contribution >= 0.6 is 11.8 Å². The quantitative estimate of drug-likeness (QED) is 0.300. The van der Waals surface area contributed by atoms with E-state index >= 15 is 0 Å². The van der Waals surface area contributed by atoms with E-state index in [1.807, 2.05) is 25.7 Å². The molecule has 1 saturated heterocycles. The lowest BCUT2D eigenvalue weighted by atomic mass is 9.44. The monoisotopic (exact) mass is 605 g/mol. The predicted molar refractivity (Wildman–Crippen MR) is 165 cm³/mol. The summed E-state index contributed by atoms with van der Waals surface area (Å²) < 4.78 is 10.5. The van der Waals surface area contributed by atoms with Gasteiger partial charge in [0.05, 0.1) is 19.8 Å². The highest BCUT2D eigenvalue weighted by Gasteiger charge is 2.60. The summed E-state index contributed by atoms with van der Waals surface area (Å²) in [5.41, 5.74) is 0.540. The van der Waals surface area contributed by atoms with Crippen molar-refractivity contribution in [2.24, 2.45) is 46.3 Å². The summed E-state index contributed by atoms with van der Waals surface area (Å²) in [7, 11) is 0. The van der Waals surface area contributed by atoms with Crippen molar-refractivity contribution in [3.63, 3.8) is 0 Å². The molecule has 9 atom stereocenters. The molecule has 5 rings (SSSR count). The van der Waals surface area contributed by atoms with Gasteiger partial charge in [-0.05, 0) is 125 Å². The molecule has 7 nitrogen and oxygen atoms in total. The van der Waals surface area contributed by atoms with Crippen LogP contribution < -0.4 is 0 Å². The van der Waals surface area contributed by atoms with Crippen LogP contribution in [0, 0.1) is 46.3 Å². The van der Waals surface area contributed by atoms with Gasteiger partial charge >= 0.3 is 11.9 Å². The van der Waals surface area contributed by atoms with E-state index in [0.717, 1.165) is 44.2 Å². The summed E-state index contributed by atoms with van der Waals surface area (Å²) in [5.74, 6) is 2.94. The van der Waals surface area contributed by atoms with Gasteiger partial charge in [0.25, 0.3) is 0 Å². The Kier molecular flexibility index (Phi) is 9.77. The van der Waals surface area contributed by atoms with Crippen LogP contribution in [0.3, 0.4) is 0 Å². The number of carbonyl (C=O) groups excluding carboxylic acids is 2. The molecule has 0 aromatic carbocycles. The van der Waals surface area contributed by atoms with Crippen molar-refractivity contribution < 1.29 is 29.0 Å². The number of hydrogen-bond donors (Lipinski definition) is 1. The molecule has 238 valence electrons. The number of esters is 1. The molecular formula is C34H55NO6S. The van der Waals surface area contributed by atoms with Gasteiger partial charge in [0, 0.05) is 23.8 Å². The summed E-state index contributed by atoms with van der Waals surface area (Å²) in [4.78, 5) is 39.4. The van der Waals surface area contributed by atoms with Gasteiger partial charge in [0.2, 0.25) is 0 Å². The first kappa shape index (κ1) is 32.3. The second kappa shape index (κ2) is 12.7. The first-order valence-electron chi connectivity index (χ1n) is 16.7. The molecular weight excluding hydrogens is 550 g/mol. The number of hydrogen-bond acceptors (Lipinski definition) is 7. The van der Waals surface area contributed by atoms with Crippen LogP contribution in [0.5, 0.6) is 0 Å². The molecule has 0 amide bonds. The van der Waals surface area contributed by atoms with E-state index in [2.05, 4.69) is 13.8 Å². The Hall–Kier alpha value is -1.12. The molecule has 8 heteroatoms. The Morgan fingerprint density at radius 1 is 1.00 bits per heavy atom. The highest BCUT2D eigenvalue weighted by Crippen LogP contribution is 2.68. The average Bonchev–Trinajstić information content (AvgIpc) is 3.30. The number of thioether (sulfide) groups is 1. The van der Waals surface area contributed by atoms with Crippen LogP contribution in [0.4, 0.5) is 0 Å². The molecule has 1 unspecified atom stereocenters. The van der Waals surface area contributed by atoms with Crippen molar-refractivity contribution >= 4 is 29.5 Å². The second-order valence-corrected chi connectivity index (χ2v) is 17.5. The number of Topliss-reactive ketones (excluding diaryl/α,β-unsaturated/α-hetero) is 1. The van der Waals surface area contributed by atoms with Gasteiger partial charge < -0.3 is 14.6 Å². The van der Waals surface area contributed by atoms with Crippen LogP contribution in [-0.4, -0.2) is 77.2 Å². The zero-order valence-electron chi connectivity index (χ0n) is 26.7. The second-order valence-electron chi connectivity index (χ2n) is 15.6. The molecule has 1 aliphatic heterocycles. The molecule has 42 heavy (non-hydrogen) atoms. The summed E-state index contributed by atoms with van der Waals surface area (Å²) in [6.07, 6.45) is 11.4. The van der Waals surface area contributed by atoms with Gasteiger partial charge in [-0.25, -0.2) is 0 Å². The Morgan fingerprint density at radius 3 is 2.38 bits per heavy atom. The van der Waals surface area contributed by atoms with E-state index in [9.17, 15) is 19.5 Å². The minimum absolute atomic E-state index is 0.197. The van der Waals surface area contributed by atoms with Gasteiger partial charge in [-0.15, -0.1) is 11.8 Å². The van der Waals surface area contributed by atoms with Gasteiger partial charge in [0.15, 0.2) is 0 Å². The van der Waals surface area contributed by atoms with Crippen molar-refractivity contribution in [3.8, 4) is 0 Å². The fraction of sp³-hybridized carbons (Fsp3) is 0.912. The molecule has 4 saturated carbocycles. The zero-order valence-corrected chi connectivity index (χ0v) is 27.5. The van der Waals surface area contributed by atoms with Gasteiger partial charge in [-0.1, -0.05) is 13.8 Å². The lowest BCUT2D eigenvalue weighted by Crippen LogP contribution is -2.54. The number of carboxylic acids is 1. The van der Waals surface area contributed by atoms with Gasteiger partial charge in [0.1, 0.15) is 17.6 Å². The van der Waals surface area contributed by atoms with Crippen LogP contribution in [-0.2, 0) is 23.9 Å². The van der Waals surface area contributed by atoms with Crippen molar-refractivity contribution in [1.82, 2.24) is 4.90 Å². The number of morpholine rings is 1. The molecule has 0 radical (unpaired) electrons. The van der Waals surface area contributed by atoms with E-state index in [0.29, 0.717) is 48.6 Å². The number of carboxylic acid groups (broad SMARTS) is 1. The third-order valence-corrected chi connectivity index (χ3v) is 14.0. The van der Waals surface area contributed by atoms with Gasteiger partial charge in [-0.2, -0.15) is 0 Å². The maximum atomic E-state index is 12.5. The minimum atomic E-state index is -0.752. The number of fused-ring (bicyclic) bond motifs is 5. The summed E-state index contributed by atoms with van der Waals surface area (Å²) in [6, 6.07) is 0. The van der Waals surface area contributed by atoms with Crippen LogP contribution in [0.15, 0.2) is 0 Å². The van der Waals surface area contributed by atoms with Crippen molar-refractivity contribution in [1.29, 1.82) is 0 Å². The van der Waals surface area contributed by atoms with Crippen molar-refractivity contribution in [3.05, 3.63) is 0 Å². The highest BCUT2D eigenvalue weighted by molar-refractivity contribution is 8.01. The summed E-state index contributed by atoms with van der Waals surface area (Å²) in [5, 5.41) is 9.70. The van der Waals surface area contributed by atoms with Crippen molar-refractivity contribution in [2.75, 3.05) is 39.5 Å². The minimum Gasteiger partial charge on any atom is -0.480 e. The lowest BCUT2D eigenvalue weighted by molar-refractivity contribution is -0.146. The molecule has 4 aliphatic carbocycles. The topological polar surface area (TPSA) is 93.1 Å². The number of aliphatic carboxylic acids is 1. The molecule has 1 N–H and O–H groups in total. The van der Waals surface area contributed by atoms with E-state index in [1.54, 1.807) is 0 Å². The number of carbonyl (C=O) groups is 3. The van der Waals surface area contributed by atoms with E-state index in [-0.39, 0.29) is 30.5 Å². The Bertz CT molecular complexity index is 1010. The standard InChI is InChI=1S/C34H55NO6S/c1-22(36)26-8-9-27-25-7-6-24-18-23(10-12-33(24,4)28(25)11-13-34(26,27)5)19-29(31(38)39)42-32(2,3)21-41-30(37)20-35-14-16-40-17-15-35/h23-29H,6-21H2,1-5H3,(H,38,39)/t23-,24-,25-,26+,27-,28-,29?,33-,34+/m0/s1. The number of rotatable bonds is 10. The third kappa shape index (κ3) is 6.61. The van der Waals surface area contributed by atoms with Crippen molar-refractivity contribution in [2.45, 2.75) is 109 Å². The molecule has 5 fully saturated rings. The SMILES string of the molecule is CC(=O)[C@H]1CC[C@H]2[C@@H]3CC[C@H]4C[C@@H](CC(SC(C)(C)COC(=O)CN5CCOCC5)C(=O)O)CC[C@]4(C)[C@H]3CC[C@]12C. The highest BCUT2D eigenvalue weighted by atomic mass is 32.2.